The molecular weight excluding hydrogens is 426 g/mol. The van der Waals surface area contributed by atoms with Crippen LogP contribution in [0.2, 0.25) is 0 Å². The van der Waals surface area contributed by atoms with Crippen LogP contribution >= 0.6 is 0 Å². The summed E-state index contributed by atoms with van der Waals surface area (Å²) in [5.41, 5.74) is 1.55. The molecule has 2 aromatic rings. The maximum absolute atomic E-state index is 13.0. The van der Waals surface area contributed by atoms with Crippen molar-refractivity contribution in [1.29, 1.82) is 0 Å². The zero-order chi connectivity index (χ0) is 23.8. The monoisotopic (exact) mass is 455 g/mol. The van der Waals surface area contributed by atoms with Gasteiger partial charge >= 0.3 is 6.09 Å². The SMILES string of the molecule is CC(C)C(NC(=O)OCc1ccccc1)C(=O)NC1Cc2cncn2CCCNC(=O)C1=O. The van der Waals surface area contributed by atoms with Crippen molar-refractivity contribution in [2.45, 2.75) is 51.9 Å². The second-order valence-corrected chi connectivity index (χ2v) is 8.25. The van der Waals surface area contributed by atoms with Gasteiger partial charge in [-0.1, -0.05) is 44.2 Å². The van der Waals surface area contributed by atoms with E-state index in [2.05, 4.69) is 20.9 Å². The van der Waals surface area contributed by atoms with E-state index in [1.165, 1.54) is 0 Å². The fraction of sp³-hybridized carbons (Fsp3) is 0.435. The molecule has 0 spiro atoms. The number of benzene rings is 1. The molecule has 0 saturated carbocycles. The smallest absolute Gasteiger partial charge is 0.408 e. The molecule has 0 radical (unpaired) electrons. The number of ether oxygens (including phenoxy) is 1. The summed E-state index contributed by atoms with van der Waals surface area (Å²) in [5.74, 6) is -2.35. The van der Waals surface area contributed by atoms with Crippen LogP contribution in [0.3, 0.4) is 0 Å². The number of aryl methyl sites for hydroxylation is 1. The van der Waals surface area contributed by atoms with Crippen LogP contribution < -0.4 is 16.0 Å². The predicted octanol–water partition coefficient (Wildman–Crippen LogP) is 0.950. The normalized spacial score (nSPS) is 17.5. The lowest BCUT2D eigenvalue weighted by Crippen LogP contribution is -2.56. The first-order chi connectivity index (χ1) is 15.8. The van der Waals surface area contributed by atoms with Crippen LogP contribution in [-0.4, -0.2) is 51.9 Å². The molecule has 3 rings (SSSR count). The number of fused-ring (bicyclic) bond motifs is 1. The second kappa shape index (κ2) is 11.3. The van der Waals surface area contributed by atoms with Crippen molar-refractivity contribution in [3.63, 3.8) is 0 Å². The van der Waals surface area contributed by atoms with Crippen LogP contribution in [-0.2, 0) is 38.7 Å². The van der Waals surface area contributed by atoms with E-state index in [0.29, 0.717) is 19.5 Å². The Kier molecular flexibility index (Phi) is 8.17. The molecule has 2 atom stereocenters. The maximum Gasteiger partial charge on any atom is 0.408 e. The lowest BCUT2D eigenvalue weighted by molar-refractivity contribution is -0.140. The van der Waals surface area contributed by atoms with E-state index in [1.807, 2.05) is 34.9 Å². The Hall–Kier alpha value is -3.69. The van der Waals surface area contributed by atoms with Gasteiger partial charge in [-0.2, -0.15) is 0 Å². The summed E-state index contributed by atoms with van der Waals surface area (Å²) < 4.78 is 7.11. The van der Waals surface area contributed by atoms with Gasteiger partial charge in [0.15, 0.2) is 0 Å². The molecule has 1 aromatic carbocycles. The van der Waals surface area contributed by atoms with Crippen LogP contribution in [0.25, 0.3) is 0 Å². The minimum Gasteiger partial charge on any atom is -0.445 e. The Bertz CT molecular complexity index is 988. The highest BCUT2D eigenvalue weighted by atomic mass is 16.5. The van der Waals surface area contributed by atoms with Crippen molar-refractivity contribution in [2.24, 2.45) is 5.92 Å². The number of nitrogens with one attached hydrogen (secondary N) is 3. The summed E-state index contributed by atoms with van der Waals surface area (Å²) in [6.45, 7) is 4.56. The highest BCUT2D eigenvalue weighted by molar-refractivity contribution is 6.38. The summed E-state index contributed by atoms with van der Waals surface area (Å²) in [7, 11) is 0. The molecule has 3 N–H and O–H groups in total. The number of amides is 3. The fourth-order valence-corrected chi connectivity index (χ4v) is 3.52. The van der Waals surface area contributed by atoms with Gasteiger partial charge in [0.25, 0.3) is 5.91 Å². The number of alkyl carbamates (subject to hydrolysis) is 1. The first-order valence-corrected chi connectivity index (χ1v) is 10.9. The number of nitrogens with zero attached hydrogens (tertiary/aromatic N) is 2. The van der Waals surface area contributed by atoms with E-state index in [1.54, 1.807) is 26.4 Å². The Balaban J connectivity index is 1.67. The Morgan fingerprint density at radius 2 is 2.00 bits per heavy atom. The number of carbonyl (C=O) groups is 4. The summed E-state index contributed by atoms with van der Waals surface area (Å²) >= 11 is 0. The van der Waals surface area contributed by atoms with Crippen molar-refractivity contribution in [1.82, 2.24) is 25.5 Å². The van der Waals surface area contributed by atoms with E-state index in [9.17, 15) is 19.2 Å². The zero-order valence-corrected chi connectivity index (χ0v) is 18.7. The lowest BCUT2D eigenvalue weighted by Gasteiger charge is -2.25. The van der Waals surface area contributed by atoms with Gasteiger partial charge in [-0.15, -0.1) is 0 Å². The van der Waals surface area contributed by atoms with Gasteiger partial charge in [0.05, 0.1) is 6.33 Å². The highest BCUT2D eigenvalue weighted by Crippen LogP contribution is 2.10. The molecule has 2 unspecified atom stereocenters. The van der Waals surface area contributed by atoms with Gasteiger partial charge in [-0.3, -0.25) is 14.4 Å². The molecule has 3 amide bonds. The number of hydrogen-bond acceptors (Lipinski definition) is 6. The van der Waals surface area contributed by atoms with Crippen LogP contribution in [0.4, 0.5) is 4.79 Å². The lowest BCUT2D eigenvalue weighted by atomic mass is 10.0. The number of ketones is 1. The highest BCUT2D eigenvalue weighted by Gasteiger charge is 2.32. The fourth-order valence-electron chi connectivity index (χ4n) is 3.52. The van der Waals surface area contributed by atoms with E-state index < -0.39 is 35.8 Å². The maximum atomic E-state index is 13.0. The molecule has 176 valence electrons. The Morgan fingerprint density at radius 3 is 2.73 bits per heavy atom. The third-order valence-corrected chi connectivity index (χ3v) is 5.37. The summed E-state index contributed by atoms with van der Waals surface area (Å²) in [5, 5.41) is 7.79. The predicted molar refractivity (Wildman–Crippen MR) is 119 cm³/mol. The van der Waals surface area contributed by atoms with Gasteiger partial charge < -0.3 is 25.3 Å². The molecule has 0 saturated heterocycles. The molecule has 10 nitrogen and oxygen atoms in total. The average molecular weight is 456 g/mol. The molecule has 10 heteroatoms. The Labute approximate surface area is 192 Å². The van der Waals surface area contributed by atoms with Gasteiger partial charge in [-0.05, 0) is 17.9 Å². The number of rotatable bonds is 6. The largest absolute Gasteiger partial charge is 0.445 e. The zero-order valence-electron chi connectivity index (χ0n) is 18.7. The van der Waals surface area contributed by atoms with E-state index in [-0.39, 0.29) is 18.9 Å². The van der Waals surface area contributed by atoms with Crippen molar-refractivity contribution in [2.75, 3.05) is 6.54 Å². The molecule has 0 bridgehead atoms. The first-order valence-electron chi connectivity index (χ1n) is 10.9. The number of carbonyl (C=O) groups excluding carboxylic acids is 4. The number of aromatic nitrogens is 2. The molecule has 1 aliphatic rings. The van der Waals surface area contributed by atoms with Crippen molar-refractivity contribution >= 4 is 23.7 Å². The first kappa shape index (κ1) is 24.0. The van der Waals surface area contributed by atoms with Crippen molar-refractivity contribution in [3.05, 3.63) is 54.1 Å². The van der Waals surface area contributed by atoms with Gasteiger partial charge in [-0.25, -0.2) is 9.78 Å². The van der Waals surface area contributed by atoms with Crippen LogP contribution in [0.1, 0.15) is 31.5 Å². The van der Waals surface area contributed by atoms with Gasteiger partial charge in [0.1, 0.15) is 18.7 Å². The number of hydrogen-bond donors (Lipinski definition) is 3. The van der Waals surface area contributed by atoms with Crippen molar-refractivity contribution < 1.29 is 23.9 Å². The van der Waals surface area contributed by atoms with E-state index >= 15 is 0 Å². The third kappa shape index (κ3) is 6.64. The molecule has 1 aliphatic heterocycles. The summed E-state index contributed by atoms with van der Waals surface area (Å²) in [6, 6.07) is 7.12. The molecule has 1 aromatic heterocycles. The van der Waals surface area contributed by atoms with Crippen LogP contribution in [0.15, 0.2) is 42.9 Å². The van der Waals surface area contributed by atoms with Crippen LogP contribution in [0.5, 0.6) is 0 Å². The molecular formula is C23H29N5O5. The van der Waals surface area contributed by atoms with Gasteiger partial charge in [0, 0.05) is 31.4 Å². The summed E-state index contributed by atoms with van der Waals surface area (Å²) in [4.78, 5) is 54.4. The molecule has 33 heavy (non-hydrogen) atoms. The van der Waals surface area contributed by atoms with Crippen molar-refractivity contribution in [3.8, 4) is 0 Å². The van der Waals surface area contributed by atoms with Gasteiger partial charge in [0.2, 0.25) is 11.7 Å². The van der Waals surface area contributed by atoms with E-state index in [4.69, 9.17) is 4.74 Å². The Morgan fingerprint density at radius 1 is 1.24 bits per heavy atom. The molecule has 2 heterocycles. The minimum absolute atomic E-state index is 0.0599. The molecule has 0 aliphatic carbocycles. The third-order valence-electron chi connectivity index (χ3n) is 5.37. The minimum atomic E-state index is -1.09. The standard InChI is InChI=1S/C23H29N5O5/c1-15(2)19(27-23(32)33-13-16-7-4-3-5-8-16)21(30)26-18-11-17-12-24-14-28(17)10-6-9-25-22(31)20(18)29/h3-5,7-8,12,14-15,18-19H,6,9-11,13H2,1-2H3,(H,25,31)(H,26,30)(H,27,32). The number of Topliss-reactive ketones (excluding diaryl/α,β-unsaturated/α-hetero) is 1. The van der Waals surface area contributed by atoms with Crippen LogP contribution in [0, 0.1) is 5.92 Å². The molecule has 0 fully saturated rings. The topological polar surface area (TPSA) is 131 Å². The second-order valence-electron chi connectivity index (χ2n) is 8.25. The quantitative estimate of drug-likeness (QED) is 0.556. The van der Waals surface area contributed by atoms with E-state index in [0.717, 1.165) is 11.3 Å². The summed E-state index contributed by atoms with van der Waals surface area (Å²) in [6.07, 6.45) is 3.29. The number of imidazole rings is 1. The average Bonchev–Trinajstić information content (AvgIpc) is 3.24.